The van der Waals surface area contributed by atoms with Crippen LogP contribution in [0.15, 0.2) is 41.4 Å². The summed E-state index contributed by atoms with van der Waals surface area (Å²) in [7, 11) is -2.97. The van der Waals surface area contributed by atoms with Crippen molar-refractivity contribution in [3.63, 3.8) is 0 Å². The maximum Gasteiger partial charge on any atom is 0.222 e. The molecule has 0 aliphatic carbocycles. The molecule has 1 N–H and O–H groups in total. The fourth-order valence-corrected chi connectivity index (χ4v) is 5.17. The first-order valence-electron chi connectivity index (χ1n) is 7.18. The lowest BCUT2D eigenvalue weighted by molar-refractivity contribution is -0.122. The zero-order valence-electron chi connectivity index (χ0n) is 12.0. The fraction of sp³-hybridized carbons (Fsp3) is 0.400. The zero-order valence-corrected chi connectivity index (χ0v) is 13.6. The number of sulfone groups is 1. The molecule has 0 aromatic carbocycles. The number of nitrogens with zero attached hydrogens (tertiary/aromatic N) is 1. The first-order valence-corrected chi connectivity index (χ1v) is 9.94. The molecular weight excluding hydrogens is 320 g/mol. The van der Waals surface area contributed by atoms with Crippen LogP contribution in [-0.4, -0.2) is 36.4 Å². The highest BCUT2D eigenvalue weighted by Crippen LogP contribution is 2.24. The van der Waals surface area contributed by atoms with Gasteiger partial charge in [-0.3, -0.25) is 4.79 Å². The largest absolute Gasteiger partial charge is 0.352 e. The first kappa shape index (κ1) is 15.3. The molecule has 0 unspecified atom stereocenters. The highest BCUT2D eigenvalue weighted by molar-refractivity contribution is 7.91. The first-order chi connectivity index (χ1) is 10.5. The van der Waals surface area contributed by atoms with Crippen molar-refractivity contribution in [3.05, 3.63) is 46.9 Å². The van der Waals surface area contributed by atoms with E-state index in [0.29, 0.717) is 12.8 Å². The zero-order chi connectivity index (χ0) is 15.6. The number of amides is 1. The molecule has 0 radical (unpaired) electrons. The van der Waals surface area contributed by atoms with Gasteiger partial charge in [-0.15, -0.1) is 0 Å². The average molecular weight is 338 g/mol. The number of hydrogen-bond donors (Lipinski definition) is 1. The van der Waals surface area contributed by atoms with Crippen LogP contribution in [0, 0.1) is 0 Å². The van der Waals surface area contributed by atoms with Gasteiger partial charge in [0.15, 0.2) is 9.84 Å². The number of aromatic nitrogens is 1. The second-order valence-electron chi connectivity index (χ2n) is 5.57. The molecule has 0 saturated carbocycles. The quantitative estimate of drug-likeness (QED) is 0.904. The van der Waals surface area contributed by atoms with E-state index in [-0.39, 0.29) is 29.5 Å². The van der Waals surface area contributed by atoms with Crippen LogP contribution in [0.25, 0.3) is 0 Å². The molecule has 5 nitrogen and oxygen atoms in total. The SMILES string of the molecule is O=C(C[C@H](c1ccsc1)n1cccc1)N[C@H]1CCS(=O)(=O)C1. The minimum Gasteiger partial charge on any atom is -0.352 e. The minimum atomic E-state index is -2.97. The van der Waals surface area contributed by atoms with Gasteiger partial charge in [-0.2, -0.15) is 11.3 Å². The lowest BCUT2D eigenvalue weighted by Gasteiger charge is -2.19. The molecule has 3 heterocycles. The Balaban J connectivity index is 1.68. The summed E-state index contributed by atoms with van der Waals surface area (Å²) in [6.45, 7) is 0. The smallest absolute Gasteiger partial charge is 0.222 e. The van der Waals surface area contributed by atoms with Crippen LogP contribution in [0.1, 0.15) is 24.4 Å². The molecule has 0 bridgehead atoms. The van der Waals surface area contributed by atoms with Crippen molar-refractivity contribution >= 4 is 27.1 Å². The third-order valence-electron chi connectivity index (χ3n) is 3.89. The molecule has 118 valence electrons. The van der Waals surface area contributed by atoms with E-state index in [4.69, 9.17) is 0 Å². The number of nitrogens with one attached hydrogen (secondary N) is 1. The Morgan fingerprint density at radius 3 is 2.77 bits per heavy atom. The van der Waals surface area contributed by atoms with E-state index in [1.54, 1.807) is 11.3 Å². The van der Waals surface area contributed by atoms with Crippen LogP contribution in [0.2, 0.25) is 0 Å². The fourth-order valence-electron chi connectivity index (χ4n) is 2.79. The van der Waals surface area contributed by atoms with Gasteiger partial charge in [0.1, 0.15) is 0 Å². The van der Waals surface area contributed by atoms with Crippen molar-refractivity contribution in [2.24, 2.45) is 0 Å². The molecule has 1 fully saturated rings. The summed E-state index contributed by atoms with van der Waals surface area (Å²) in [6, 6.07) is 5.58. The Kier molecular flexibility index (Phi) is 4.35. The van der Waals surface area contributed by atoms with Gasteiger partial charge in [0, 0.05) is 18.4 Å². The summed E-state index contributed by atoms with van der Waals surface area (Å²) in [5.41, 5.74) is 1.09. The third-order valence-corrected chi connectivity index (χ3v) is 6.36. The highest BCUT2D eigenvalue weighted by Gasteiger charge is 2.29. The van der Waals surface area contributed by atoms with Crippen LogP contribution in [0.4, 0.5) is 0 Å². The third kappa shape index (κ3) is 3.59. The Bertz CT molecular complexity index is 687. The Morgan fingerprint density at radius 2 is 2.18 bits per heavy atom. The number of rotatable bonds is 5. The summed E-state index contributed by atoms with van der Waals surface area (Å²) in [5, 5.41) is 6.89. The Morgan fingerprint density at radius 1 is 1.41 bits per heavy atom. The predicted octanol–water partition coefficient (Wildman–Crippen LogP) is 1.83. The van der Waals surface area contributed by atoms with Gasteiger partial charge in [0.05, 0.1) is 24.0 Å². The molecule has 1 aliphatic rings. The second-order valence-corrected chi connectivity index (χ2v) is 8.58. The maximum atomic E-state index is 12.3. The Labute approximate surface area is 133 Å². The molecule has 3 rings (SSSR count). The van der Waals surface area contributed by atoms with Crippen molar-refractivity contribution < 1.29 is 13.2 Å². The molecule has 2 aromatic rings. The number of carbonyl (C=O) groups is 1. The Hall–Kier alpha value is -1.60. The predicted molar refractivity (Wildman–Crippen MR) is 86.7 cm³/mol. The van der Waals surface area contributed by atoms with Crippen LogP contribution >= 0.6 is 11.3 Å². The molecule has 22 heavy (non-hydrogen) atoms. The van der Waals surface area contributed by atoms with Crippen molar-refractivity contribution in [1.82, 2.24) is 9.88 Å². The molecule has 0 spiro atoms. The van der Waals surface area contributed by atoms with Crippen LogP contribution < -0.4 is 5.32 Å². The van der Waals surface area contributed by atoms with E-state index in [1.165, 1.54) is 0 Å². The van der Waals surface area contributed by atoms with E-state index >= 15 is 0 Å². The summed E-state index contributed by atoms with van der Waals surface area (Å²) < 4.78 is 24.9. The van der Waals surface area contributed by atoms with Crippen molar-refractivity contribution in [2.45, 2.75) is 24.9 Å². The molecule has 7 heteroatoms. The summed E-state index contributed by atoms with van der Waals surface area (Å²) in [4.78, 5) is 12.3. The monoisotopic (exact) mass is 338 g/mol. The van der Waals surface area contributed by atoms with Gasteiger partial charge in [-0.05, 0) is 40.9 Å². The van der Waals surface area contributed by atoms with Crippen molar-refractivity contribution in [2.75, 3.05) is 11.5 Å². The van der Waals surface area contributed by atoms with Crippen molar-refractivity contribution in [3.8, 4) is 0 Å². The van der Waals surface area contributed by atoms with Crippen LogP contribution in [0.5, 0.6) is 0 Å². The highest BCUT2D eigenvalue weighted by atomic mass is 32.2. The van der Waals surface area contributed by atoms with Gasteiger partial charge in [-0.1, -0.05) is 0 Å². The topological polar surface area (TPSA) is 68.2 Å². The summed E-state index contributed by atoms with van der Waals surface area (Å²) in [5.74, 6) is 0.126. The normalized spacial score (nSPS) is 21.5. The molecular formula is C15H18N2O3S2. The lowest BCUT2D eigenvalue weighted by atomic mass is 10.1. The van der Waals surface area contributed by atoms with E-state index in [2.05, 4.69) is 5.32 Å². The standard InChI is InChI=1S/C15H18N2O3S2/c18-15(16-13-4-8-22(19,20)11-13)9-14(12-3-7-21-10-12)17-5-1-2-6-17/h1-3,5-7,10,13-14H,4,8-9,11H2,(H,16,18)/t13-,14+/m0/s1. The van der Waals surface area contributed by atoms with Crippen molar-refractivity contribution in [1.29, 1.82) is 0 Å². The summed E-state index contributed by atoms with van der Waals surface area (Å²) in [6.07, 6.45) is 4.70. The summed E-state index contributed by atoms with van der Waals surface area (Å²) >= 11 is 1.60. The number of carbonyl (C=O) groups excluding carboxylic acids is 1. The van der Waals surface area contributed by atoms with Gasteiger partial charge in [0.25, 0.3) is 0 Å². The van der Waals surface area contributed by atoms with Crippen LogP contribution in [0.3, 0.4) is 0 Å². The molecule has 2 atom stereocenters. The van der Waals surface area contributed by atoms with Gasteiger partial charge >= 0.3 is 0 Å². The van der Waals surface area contributed by atoms with Gasteiger partial charge in [-0.25, -0.2) is 8.42 Å². The van der Waals surface area contributed by atoms with E-state index in [9.17, 15) is 13.2 Å². The van der Waals surface area contributed by atoms with E-state index in [0.717, 1.165) is 5.56 Å². The van der Waals surface area contributed by atoms with E-state index in [1.807, 2.05) is 45.9 Å². The van der Waals surface area contributed by atoms with E-state index < -0.39 is 9.84 Å². The second kappa shape index (κ2) is 6.26. The lowest BCUT2D eigenvalue weighted by Crippen LogP contribution is -2.36. The minimum absolute atomic E-state index is 0.0562. The molecule has 1 saturated heterocycles. The van der Waals surface area contributed by atoms with Crippen LogP contribution in [-0.2, 0) is 14.6 Å². The average Bonchev–Trinajstić information content (AvgIpc) is 3.17. The number of thiophene rings is 1. The molecule has 1 amide bonds. The molecule has 2 aromatic heterocycles. The maximum absolute atomic E-state index is 12.3. The number of hydrogen-bond acceptors (Lipinski definition) is 4. The van der Waals surface area contributed by atoms with Gasteiger partial charge in [0.2, 0.25) is 5.91 Å². The van der Waals surface area contributed by atoms with Gasteiger partial charge < -0.3 is 9.88 Å². The molecule has 1 aliphatic heterocycles.